The summed E-state index contributed by atoms with van der Waals surface area (Å²) in [5.41, 5.74) is 2.30. The molecule has 0 N–H and O–H groups in total. The Bertz CT molecular complexity index is 856. The second-order valence-corrected chi connectivity index (χ2v) is 6.09. The van der Waals surface area contributed by atoms with E-state index in [1.165, 1.54) is 11.1 Å². The van der Waals surface area contributed by atoms with Crippen LogP contribution in [-0.2, 0) is 11.3 Å². The number of hydrogen-bond donors (Lipinski definition) is 0. The van der Waals surface area contributed by atoms with E-state index in [-0.39, 0.29) is 0 Å². The first-order valence-corrected chi connectivity index (χ1v) is 8.49. The molecule has 1 aromatic carbocycles. The van der Waals surface area contributed by atoms with Crippen molar-refractivity contribution in [2.45, 2.75) is 6.61 Å². The van der Waals surface area contributed by atoms with E-state index in [2.05, 4.69) is 49.0 Å². The highest BCUT2D eigenvalue weighted by Gasteiger charge is 2.20. The average molecular weight is 335 g/mol. The summed E-state index contributed by atoms with van der Waals surface area (Å²) in [6.45, 7) is 4.21. The first-order chi connectivity index (χ1) is 12.3. The van der Waals surface area contributed by atoms with Crippen molar-refractivity contribution >= 4 is 22.4 Å². The number of para-hydroxylation sites is 1. The fourth-order valence-corrected chi connectivity index (χ4v) is 3.30. The molecule has 3 heterocycles. The lowest BCUT2D eigenvalue weighted by Crippen LogP contribution is -2.47. The summed E-state index contributed by atoms with van der Waals surface area (Å²) in [4.78, 5) is 18.0. The van der Waals surface area contributed by atoms with Gasteiger partial charge in [0, 0.05) is 56.8 Å². The zero-order valence-electron chi connectivity index (χ0n) is 14.3. The zero-order valence-corrected chi connectivity index (χ0v) is 14.3. The maximum atomic E-state index is 5.13. The number of aromatic nitrogens is 3. The highest BCUT2D eigenvalue weighted by atomic mass is 16.5. The van der Waals surface area contributed by atoms with Gasteiger partial charge in [-0.3, -0.25) is 4.98 Å². The molecule has 1 fully saturated rings. The van der Waals surface area contributed by atoms with Gasteiger partial charge in [0.15, 0.2) is 5.82 Å². The maximum Gasteiger partial charge on any atom is 0.156 e. The van der Waals surface area contributed by atoms with Crippen molar-refractivity contribution in [2.24, 2.45) is 0 Å². The molecule has 0 atom stereocenters. The van der Waals surface area contributed by atoms with Gasteiger partial charge in [-0.2, -0.15) is 0 Å². The lowest BCUT2D eigenvalue weighted by molar-refractivity contribution is 0.178. The molecule has 3 aromatic rings. The van der Waals surface area contributed by atoms with Crippen molar-refractivity contribution in [2.75, 3.05) is 43.1 Å². The molecule has 0 bridgehead atoms. The van der Waals surface area contributed by atoms with Gasteiger partial charge in [0.05, 0.1) is 5.52 Å². The first kappa shape index (κ1) is 15.8. The van der Waals surface area contributed by atoms with Gasteiger partial charge in [0.1, 0.15) is 12.4 Å². The van der Waals surface area contributed by atoms with Gasteiger partial charge in [0.25, 0.3) is 0 Å². The minimum absolute atomic E-state index is 0.441. The van der Waals surface area contributed by atoms with Crippen LogP contribution in [0.2, 0.25) is 0 Å². The van der Waals surface area contributed by atoms with E-state index in [9.17, 15) is 0 Å². The van der Waals surface area contributed by atoms with Gasteiger partial charge in [-0.15, -0.1) is 0 Å². The summed E-state index contributed by atoms with van der Waals surface area (Å²) in [5, 5.41) is 1.21. The topological polar surface area (TPSA) is 54.4 Å². The van der Waals surface area contributed by atoms with E-state index in [1.807, 2.05) is 18.3 Å². The van der Waals surface area contributed by atoms with Crippen LogP contribution in [0.1, 0.15) is 5.82 Å². The predicted octanol–water partition coefficient (Wildman–Crippen LogP) is 2.50. The molecule has 4 rings (SSSR count). The third-order valence-electron chi connectivity index (χ3n) is 4.53. The SMILES string of the molecule is COCc1nccc(N2CCN(c3ccnc4ccccc34)CC2)n1. The van der Waals surface area contributed by atoms with Gasteiger partial charge in [0.2, 0.25) is 0 Å². The Morgan fingerprint density at radius 1 is 0.920 bits per heavy atom. The molecule has 1 saturated heterocycles. The van der Waals surface area contributed by atoms with E-state index in [4.69, 9.17) is 4.74 Å². The normalized spacial score (nSPS) is 14.9. The fraction of sp³-hybridized carbons (Fsp3) is 0.316. The Balaban J connectivity index is 1.50. The van der Waals surface area contributed by atoms with Crippen LogP contribution in [0.15, 0.2) is 48.8 Å². The number of piperazine rings is 1. The minimum atomic E-state index is 0.441. The Morgan fingerprint density at radius 3 is 2.52 bits per heavy atom. The Labute approximate surface area is 147 Å². The third kappa shape index (κ3) is 3.25. The van der Waals surface area contributed by atoms with Gasteiger partial charge in [-0.05, 0) is 18.2 Å². The minimum Gasteiger partial charge on any atom is -0.377 e. The number of hydrogen-bond acceptors (Lipinski definition) is 6. The van der Waals surface area contributed by atoms with Gasteiger partial charge >= 0.3 is 0 Å². The molecule has 6 nitrogen and oxygen atoms in total. The summed E-state index contributed by atoms with van der Waals surface area (Å²) in [7, 11) is 1.66. The van der Waals surface area contributed by atoms with E-state index < -0.39 is 0 Å². The molecule has 25 heavy (non-hydrogen) atoms. The molecule has 1 aliphatic heterocycles. The first-order valence-electron chi connectivity index (χ1n) is 8.49. The van der Waals surface area contributed by atoms with Crippen molar-refractivity contribution in [1.29, 1.82) is 0 Å². The Kier molecular flexibility index (Phi) is 4.43. The molecule has 2 aromatic heterocycles. The standard InChI is InChI=1S/C19H21N5O/c1-25-14-18-21-9-7-19(22-18)24-12-10-23(11-13-24)17-6-8-20-16-5-3-2-4-15(16)17/h2-9H,10-14H2,1H3. The van der Waals surface area contributed by atoms with Crippen molar-refractivity contribution in [3.63, 3.8) is 0 Å². The van der Waals surface area contributed by atoms with Crippen LogP contribution in [0.5, 0.6) is 0 Å². The number of fused-ring (bicyclic) bond motifs is 1. The zero-order chi connectivity index (χ0) is 17.1. The van der Waals surface area contributed by atoms with Crippen molar-refractivity contribution in [3.8, 4) is 0 Å². The summed E-state index contributed by atoms with van der Waals surface area (Å²) in [6.07, 6.45) is 3.70. The second-order valence-electron chi connectivity index (χ2n) is 6.09. The number of rotatable bonds is 4. The number of benzene rings is 1. The summed E-state index contributed by atoms with van der Waals surface area (Å²) >= 11 is 0. The lowest BCUT2D eigenvalue weighted by Gasteiger charge is -2.37. The predicted molar refractivity (Wildman–Crippen MR) is 98.9 cm³/mol. The molecular weight excluding hydrogens is 314 g/mol. The third-order valence-corrected chi connectivity index (χ3v) is 4.53. The Hall–Kier alpha value is -2.73. The molecule has 1 aliphatic rings. The summed E-state index contributed by atoms with van der Waals surface area (Å²) < 4.78 is 5.13. The largest absolute Gasteiger partial charge is 0.377 e. The summed E-state index contributed by atoms with van der Waals surface area (Å²) in [5.74, 6) is 1.70. The highest BCUT2D eigenvalue weighted by molar-refractivity contribution is 5.91. The molecule has 6 heteroatoms. The van der Waals surface area contributed by atoms with Crippen LogP contribution in [0.4, 0.5) is 11.5 Å². The summed E-state index contributed by atoms with van der Waals surface area (Å²) in [6, 6.07) is 12.4. The molecule has 0 aliphatic carbocycles. The monoisotopic (exact) mass is 335 g/mol. The molecule has 0 amide bonds. The second kappa shape index (κ2) is 7.03. The van der Waals surface area contributed by atoms with Crippen molar-refractivity contribution < 1.29 is 4.74 Å². The van der Waals surface area contributed by atoms with Crippen LogP contribution < -0.4 is 9.80 Å². The van der Waals surface area contributed by atoms with Crippen LogP contribution in [0.3, 0.4) is 0 Å². The van der Waals surface area contributed by atoms with Crippen LogP contribution in [0, 0.1) is 0 Å². The van der Waals surface area contributed by atoms with Crippen LogP contribution in [-0.4, -0.2) is 48.2 Å². The van der Waals surface area contributed by atoms with Gasteiger partial charge in [-0.1, -0.05) is 18.2 Å². The fourth-order valence-electron chi connectivity index (χ4n) is 3.30. The number of anilines is 2. The molecule has 0 unspecified atom stereocenters. The molecular formula is C19H21N5O. The molecule has 0 spiro atoms. The lowest BCUT2D eigenvalue weighted by atomic mass is 10.1. The highest BCUT2D eigenvalue weighted by Crippen LogP contribution is 2.26. The molecule has 0 radical (unpaired) electrons. The van der Waals surface area contributed by atoms with Crippen molar-refractivity contribution in [3.05, 3.63) is 54.6 Å². The van der Waals surface area contributed by atoms with E-state index in [0.29, 0.717) is 6.61 Å². The van der Waals surface area contributed by atoms with Crippen molar-refractivity contribution in [1.82, 2.24) is 15.0 Å². The van der Waals surface area contributed by atoms with Crippen LogP contribution in [0.25, 0.3) is 10.9 Å². The van der Waals surface area contributed by atoms with Gasteiger partial charge < -0.3 is 14.5 Å². The quantitative estimate of drug-likeness (QED) is 0.730. The van der Waals surface area contributed by atoms with Crippen LogP contribution >= 0.6 is 0 Å². The number of pyridine rings is 1. The van der Waals surface area contributed by atoms with E-state index in [0.717, 1.165) is 43.3 Å². The molecule has 128 valence electrons. The average Bonchev–Trinajstić information content (AvgIpc) is 2.68. The number of nitrogens with zero attached hydrogens (tertiary/aromatic N) is 5. The van der Waals surface area contributed by atoms with Gasteiger partial charge in [-0.25, -0.2) is 9.97 Å². The maximum absolute atomic E-state index is 5.13. The van der Waals surface area contributed by atoms with E-state index >= 15 is 0 Å². The molecule has 0 saturated carbocycles. The Morgan fingerprint density at radius 2 is 1.68 bits per heavy atom. The smallest absolute Gasteiger partial charge is 0.156 e. The number of ether oxygens (including phenoxy) is 1. The van der Waals surface area contributed by atoms with E-state index in [1.54, 1.807) is 13.3 Å². The number of methoxy groups -OCH3 is 1.